The maximum atomic E-state index is 5.25. The van der Waals surface area contributed by atoms with Gasteiger partial charge in [0.05, 0.1) is 33.6 Å². The van der Waals surface area contributed by atoms with Crippen molar-refractivity contribution in [1.29, 1.82) is 0 Å². The molecule has 0 unspecified atom stereocenters. The summed E-state index contributed by atoms with van der Waals surface area (Å²) in [4.78, 5) is 19.6. The third-order valence-corrected chi connectivity index (χ3v) is 8.07. The molecule has 4 aromatic heterocycles. The van der Waals surface area contributed by atoms with Crippen LogP contribution in [0.25, 0.3) is 72.2 Å². The van der Waals surface area contributed by atoms with Gasteiger partial charge in [0.25, 0.3) is 0 Å². The lowest BCUT2D eigenvalue weighted by Crippen LogP contribution is -1.99. The highest BCUT2D eigenvalue weighted by Crippen LogP contribution is 2.38. The fourth-order valence-corrected chi connectivity index (χ4v) is 6.02. The predicted octanol–water partition coefficient (Wildman–Crippen LogP) is 9.08. The van der Waals surface area contributed by atoms with Gasteiger partial charge in [-0.1, -0.05) is 79.7 Å². The van der Waals surface area contributed by atoms with E-state index in [0.29, 0.717) is 0 Å². The van der Waals surface area contributed by atoms with E-state index in [9.17, 15) is 0 Å². The van der Waals surface area contributed by atoms with Gasteiger partial charge in [-0.15, -0.1) is 0 Å². The highest BCUT2D eigenvalue weighted by molar-refractivity contribution is 6.19. The van der Waals surface area contributed by atoms with Crippen molar-refractivity contribution < 1.29 is 0 Å². The molecule has 4 heterocycles. The number of rotatable bonds is 5. The standard InChI is InChI=1S/C38H27N5/c1-2-35-42-38-34(43(35)28-9-4-3-5-10-28)20-19-30-29-11-6-7-12-33(29)41-37(36(30)38)27-17-15-25(16-18-27)31-13-8-14-32(40-31)26-21-23-39-24-22-26/h3-24H,2H2,1H3. The second kappa shape index (κ2) is 10.3. The smallest absolute Gasteiger partial charge is 0.114 e. The molecule has 8 aromatic rings. The highest BCUT2D eigenvalue weighted by atomic mass is 15.1. The first-order valence-electron chi connectivity index (χ1n) is 14.5. The van der Waals surface area contributed by atoms with Gasteiger partial charge in [-0.3, -0.25) is 9.55 Å². The summed E-state index contributed by atoms with van der Waals surface area (Å²) in [5.74, 6) is 1.03. The third kappa shape index (κ3) is 4.25. The van der Waals surface area contributed by atoms with Gasteiger partial charge in [0.2, 0.25) is 0 Å². The Hall–Kier alpha value is -5.68. The van der Waals surface area contributed by atoms with Crippen LogP contribution in [0.3, 0.4) is 0 Å². The van der Waals surface area contributed by atoms with E-state index in [1.807, 2.05) is 30.3 Å². The van der Waals surface area contributed by atoms with Gasteiger partial charge in [0, 0.05) is 52.0 Å². The van der Waals surface area contributed by atoms with E-state index < -0.39 is 0 Å². The number of para-hydroxylation sites is 2. The number of aromatic nitrogens is 5. The molecule has 4 aromatic carbocycles. The Kier molecular flexibility index (Phi) is 6.00. The molecule has 204 valence electrons. The quantitative estimate of drug-likeness (QED) is 0.200. The van der Waals surface area contributed by atoms with Crippen LogP contribution < -0.4 is 0 Å². The minimum Gasteiger partial charge on any atom is -0.296 e. The first-order valence-corrected chi connectivity index (χ1v) is 14.5. The number of aryl methyl sites for hydroxylation is 1. The number of nitrogens with zero attached hydrogens (tertiary/aromatic N) is 5. The topological polar surface area (TPSA) is 56.5 Å². The van der Waals surface area contributed by atoms with Crippen molar-refractivity contribution in [3.8, 4) is 39.5 Å². The van der Waals surface area contributed by atoms with Crippen LogP contribution >= 0.6 is 0 Å². The van der Waals surface area contributed by atoms with Gasteiger partial charge < -0.3 is 0 Å². The average Bonchev–Trinajstić information content (AvgIpc) is 3.48. The Bertz CT molecular complexity index is 2250. The first-order chi connectivity index (χ1) is 21.3. The highest BCUT2D eigenvalue weighted by Gasteiger charge is 2.19. The zero-order valence-corrected chi connectivity index (χ0v) is 23.6. The fourth-order valence-electron chi connectivity index (χ4n) is 6.02. The van der Waals surface area contributed by atoms with Gasteiger partial charge in [-0.25, -0.2) is 15.0 Å². The van der Waals surface area contributed by atoms with Crippen molar-refractivity contribution in [2.75, 3.05) is 0 Å². The van der Waals surface area contributed by atoms with Crippen molar-refractivity contribution in [2.24, 2.45) is 0 Å². The SMILES string of the molecule is CCc1nc2c3c(-c4ccc(-c5cccc(-c6ccncc6)n5)cc4)nc4ccccc4c3ccc2n1-c1ccccc1. The Labute approximate surface area is 249 Å². The van der Waals surface area contributed by atoms with Crippen LogP contribution in [0.15, 0.2) is 134 Å². The number of hydrogen-bond acceptors (Lipinski definition) is 4. The zero-order valence-electron chi connectivity index (χ0n) is 23.6. The lowest BCUT2D eigenvalue weighted by molar-refractivity contribution is 0.908. The maximum Gasteiger partial charge on any atom is 0.114 e. The van der Waals surface area contributed by atoms with Crippen molar-refractivity contribution in [2.45, 2.75) is 13.3 Å². The summed E-state index contributed by atoms with van der Waals surface area (Å²) in [5.41, 5.74) is 10.1. The second-order valence-corrected chi connectivity index (χ2v) is 10.6. The summed E-state index contributed by atoms with van der Waals surface area (Å²) in [7, 11) is 0. The van der Waals surface area contributed by atoms with Crippen LogP contribution in [-0.4, -0.2) is 24.5 Å². The van der Waals surface area contributed by atoms with Gasteiger partial charge >= 0.3 is 0 Å². The molecule has 8 rings (SSSR count). The van der Waals surface area contributed by atoms with Crippen molar-refractivity contribution in [3.05, 3.63) is 140 Å². The molecule has 0 amide bonds. The Morgan fingerprint density at radius 2 is 1.26 bits per heavy atom. The number of benzene rings is 4. The second-order valence-electron chi connectivity index (χ2n) is 10.6. The number of imidazole rings is 1. The molecule has 0 fully saturated rings. The van der Waals surface area contributed by atoms with Crippen LogP contribution in [0.4, 0.5) is 0 Å². The summed E-state index contributed by atoms with van der Waals surface area (Å²) >= 11 is 0. The Balaban J connectivity index is 1.32. The first kappa shape index (κ1) is 25.1. The summed E-state index contributed by atoms with van der Waals surface area (Å²) in [6, 6.07) is 42.0. The average molecular weight is 554 g/mol. The molecule has 0 saturated heterocycles. The number of hydrogen-bond donors (Lipinski definition) is 0. The molecule has 0 N–H and O–H groups in total. The Morgan fingerprint density at radius 1 is 0.558 bits per heavy atom. The lowest BCUT2D eigenvalue weighted by atomic mass is 9.97. The van der Waals surface area contributed by atoms with Crippen LogP contribution in [0, 0.1) is 0 Å². The number of pyridine rings is 3. The molecule has 0 radical (unpaired) electrons. The third-order valence-electron chi connectivity index (χ3n) is 8.07. The van der Waals surface area contributed by atoms with Crippen LogP contribution in [0.5, 0.6) is 0 Å². The van der Waals surface area contributed by atoms with E-state index in [4.69, 9.17) is 15.0 Å². The van der Waals surface area contributed by atoms with E-state index >= 15 is 0 Å². The van der Waals surface area contributed by atoms with E-state index in [1.165, 1.54) is 0 Å². The molecular formula is C38H27N5. The maximum absolute atomic E-state index is 5.25. The van der Waals surface area contributed by atoms with E-state index in [-0.39, 0.29) is 0 Å². The molecule has 43 heavy (non-hydrogen) atoms. The molecular weight excluding hydrogens is 526 g/mol. The largest absolute Gasteiger partial charge is 0.296 e. The molecule has 0 saturated carbocycles. The van der Waals surface area contributed by atoms with Gasteiger partial charge in [0.15, 0.2) is 0 Å². The van der Waals surface area contributed by atoms with E-state index in [1.54, 1.807) is 12.4 Å². The fraction of sp³-hybridized carbons (Fsp3) is 0.0526. The van der Waals surface area contributed by atoms with Crippen LogP contribution in [0.1, 0.15) is 12.7 Å². The molecule has 0 bridgehead atoms. The van der Waals surface area contributed by atoms with Gasteiger partial charge in [-0.2, -0.15) is 0 Å². The molecule has 0 atom stereocenters. The minimum absolute atomic E-state index is 0.821. The number of fused-ring (bicyclic) bond motifs is 5. The van der Waals surface area contributed by atoms with E-state index in [0.717, 1.165) is 84.4 Å². The molecule has 0 aliphatic carbocycles. The lowest BCUT2D eigenvalue weighted by Gasteiger charge is -2.12. The summed E-state index contributed by atoms with van der Waals surface area (Å²) in [5, 5.41) is 3.36. The molecule has 0 aliphatic heterocycles. The van der Waals surface area contributed by atoms with Gasteiger partial charge in [-0.05, 0) is 53.9 Å². The molecule has 0 aliphatic rings. The monoisotopic (exact) mass is 553 g/mol. The molecule has 5 heteroatoms. The minimum atomic E-state index is 0.821. The molecule has 5 nitrogen and oxygen atoms in total. The van der Waals surface area contributed by atoms with Crippen molar-refractivity contribution >= 4 is 32.7 Å². The van der Waals surface area contributed by atoms with Crippen molar-refractivity contribution in [1.82, 2.24) is 24.5 Å². The summed E-state index contributed by atoms with van der Waals surface area (Å²) < 4.78 is 2.28. The normalized spacial score (nSPS) is 11.5. The molecule has 0 spiro atoms. The summed E-state index contributed by atoms with van der Waals surface area (Å²) in [6.45, 7) is 2.16. The summed E-state index contributed by atoms with van der Waals surface area (Å²) in [6.07, 6.45) is 4.41. The Morgan fingerprint density at radius 3 is 2.02 bits per heavy atom. The van der Waals surface area contributed by atoms with E-state index in [2.05, 4.69) is 107 Å². The van der Waals surface area contributed by atoms with Crippen molar-refractivity contribution in [3.63, 3.8) is 0 Å². The van der Waals surface area contributed by atoms with Gasteiger partial charge in [0.1, 0.15) is 5.82 Å². The predicted molar refractivity (Wildman–Crippen MR) is 175 cm³/mol. The van der Waals surface area contributed by atoms with Crippen LogP contribution in [-0.2, 0) is 6.42 Å². The zero-order chi connectivity index (χ0) is 28.8. The van der Waals surface area contributed by atoms with Crippen LogP contribution in [0.2, 0.25) is 0 Å².